The van der Waals surface area contributed by atoms with Crippen molar-refractivity contribution in [2.24, 2.45) is 5.92 Å². The predicted octanol–water partition coefficient (Wildman–Crippen LogP) is -0.795. The Morgan fingerprint density at radius 1 is 1.12 bits per heavy atom. The SMILES string of the molecule is CN[C@@H]1[C@H](O)[C@H](NC)[C@H]2O[C@@]3(O)[C@H](NC(=O)Cc4cccc(C)c4)C[C@@H](C)C[C@H]3O[C@@H]2[C@H]1O. The number of hydrogen-bond acceptors (Lipinski definition) is 8. The first-order chi connectivity index (χ1) is 15.7. The van der Waals surface area contributed by atoms with Gasteiger partial charge in [0.2, 0.25) is 11.7 Å². The molecule has 33 heavy (non-hydrogen) atoms. The quantitative estimate of drug-likeness (QED) is 0.335. The Bertz CT molecular complexity index is 855. The normalized spacial score (nSPS) is 42.8. The summed E-state index contributed by atoms with van der Waals surface area (Å²) >= 11 is 0. The van der Waals surface area contributed by atoms with E-state index in [9.17, 15) is 20.1 Å². The average Bonchev–Trinajstić information content (AvgIpc) is 2.74. The summed E-state index contributed by atoms with van der Waals surface area (Å²) in [6.45, 7) is 4.02. The van der Waals surface area contributed by atoms with Gasteiger partial charge in [-0.3, -0.25) is 4.79 Å². The third-order valence-electron chi connectivity index (χ3n) is 7.43. The second-order valence-electron chi connectivity index (χ2n) is 9.90. The Labute approximate surface area is 194 Å². The number of aryl methyl sites for hydroxylation is 1. The maximum atomic E-state index is 12.9. The van der Waals surface area contributed by atoms with Crippen molar-refractivity contribution in [1.29, 1.82) is 0 Å². The number of ether oxygens (including phenoxy) is 2. The van der Waals surface area contributed by atoms with E-state index in [-0.39, 0.29) is 18.2 Å². The van der Waals surface area contributed by atoms with E-state index >= 15 is 0 Å². The van der Waals surface area contributed by atoms with Crippen LogP contribution in [0.4, 0.5) is 0 Å². The Hall–Kier alpha value is -1.59. The molecule has 3 fully saturated rings. The molecule has 1 aromatic rings. The largest absolute Gasteiger partial charge is 0.390 e. The summed E-state index contributed by atoms with van der Waals surface area (Å²) in [6, 6.07) is 5.89. The van der Waals surface area contributed by atoms with E-state index in [0.717, 1.165) is 11.1 Å². The number of aliphatic hydroxyl groups is 3. The Kier molecular flexibility index (Phi) is 7.12. The van der Waals surface area contributed by atoms with E-state index in [1.807, 2.05) is 38.1 Å². The minimum absolute atomic E-state index is 0.172. The molecule has 10 atom stereocenters. The molecule has 4 rings (SSSR count). The zero-order chi connectivity index (χ0) is 23.9. The third kappa shape index (κ3) is 4.55. The van der Waals surface area contributed by atoms with Crippen molar-refractivity contribution < 1.29 is 29.6 Å². The molecular weight excluding hydrogens is 426 g/mol. The van der Waals surface area contributed by atoms with Gasteiger partial charge >= 0.3 is 0 Å². The zero-order valence-corrected chi connectivity index (χ0v) is 19.7. The van der Waals surface area contributed by atoms with Crippen LogP contribution in [0.5, 0.6) is 0 Å². The van der Waals surface area contributed by atoms with E-state index in [4.69, 9.17) is 9.47 Å². The average molecular weight is 464 g/mol. The molecule has 0 aromatic heterocycles. The van der Waals surface area contributed by atoms with Crippen molar-refractivity contribution in [1.82, 2.24) is 16.0 Å². The van der Waals surface area contributed by atoms with Crippen molar-refractivity contribution in [2.45, 2.75) is 87.5 Å². The molecule has 0 radical (unpaired) electrons. The highest BCUT2D eigenvalue weighted by atomic mass is 16.7. The molecule has 0 bridgehead atoms. The van der Waals surface area contributed by atoms with E-state index in [0.29, 0.717) is 12.8 Å². The van der Waals surface area contributed by atoms with Gasteiger partial charge in [0.05, 0.1) is 30.7 Å². The lowest BCUT2D eigenvalue weighted by Gasteiger charge is -2.58. The Morgan fingerprint density at radius 2 is 1.85 bits per heavy atom. The highest BCUT2D eigenvalue weighted by Gasteiger charge is 2.62. The number of carbonyl (C=O) groups is 1. The molecule has 0 spiro atoms. The number of aliphatic hydroxyl groups excluding tert-OH is 2. The van der Waals surface area contributed by atoms with E-state index in [1.54, 1.807) is 14.1 Å². The summed E-state index contributed by atoms with van der Waals surface area (Å²) in [6.07, 6.45) is -2.96. The smallest absolute Gasteiger partial charge is 0.224 e. The maximum absolute atomic E-state index is 12.9. The van der Waals surface area contributed by atoms with Crippen LogP contribution in [-0.4, -0.2) is 89.8 Å². The highest BCUT2D eigenvalue weighted by molar-refractivity contribution is 5.79. The fraction of sp³-hybridized carbons (Fsp3) is 0.708. The minimum Gasteiger partial charge on any atom is -0.390 e. The lowest BCUT2D eigenvalue weighted by Crippen LogP contribution is -2.78. The summed E-state index contributed by atoms with van der Waals surface area (Å²) in [5.74, 6) is -1.80. The van der Waals surface area contributed by atoms with Crippen molar-refractivity contribution in [2.75, 3.05) is 14.1 Å². The van der Waals surface area contributed by atoms with Gasteiger partial charge in [0, 0.05) is 0 Å². The summed E-state index contributed by atoms with van der Waals surface area (Å²) in [5, 5.41) is 42.4. The van der Waals surface area contributed by atoms with E-state index in [2.05, 4.69) is 16.0 Å². The second-order valence-corrected chi connectivity index (χ2v) is 9.90. The highest BCUT2D eigenvalue weighted by Crippen LogP contribution is 2.44. The van der Waals surface area contributed by atoms with Crippen LogP contribution in [0, 0.1) is 12.8 Å². The minimum atomic E-state index is -1.77. The molecule has 2 aliphatic carbocycles. The van der Waals surface area contributed by atoms with E-state index in [1.165, 1.54) is 0 Å². The monoisotopic (exact) mass is 463 g/mol. The van der Waals surface area contributed by atoms with Gasteiger partial charge in [-0.25, -0.2) is 0 Å². The topological polar surface area (TPSA) is 132 Å². The standard InChI is InChI=1S/C24H37N3O6/c1-12-6-5-7-14(8-12)11-17(28)27-15-9-13(2)10-16-24(15,31)33-22-19(26-4)20(29)18(25-3)21(30)23(22)32-16/h5-8,13,15-16,18-23,25-26,29-31H,9-11H2,1-4H3,(H,27,28)/t13-,15-,16-,18-,19+,20+,21+,22-,23-,24+/m1/s1. The van der Waals surface area contributed by atoms with Gasteiger partial charge in [0.15, 0.2) is 0 Å². The second kappa shape index (κ2) is 9.58. The first kappa shape index (κ1) is 24.5. The third-order valence-corrected chi connectivity index (χ3v) is 7.43. The van der Waals surface area contributed by atoms with Crippen LogP contribution < -0.4 is 16.0 Å². The summed E-state index contributed by atoms with van der Waals surface area (Å²) < 4.78 is 12.5. The van der Waals surface area contributed by atoms with Crippen LogP contribution >= 0.6 is 0 Å². The van der Waals surface area contributed by atoms with Gasteiger partial charge in [0.25, 0.3) is 0 Å². The molecule has 1 amide bonds. The fourth-order valence-electron chi connectivity index (χ4n) is 5.76. The number of likely N-dealkylation sites (N-methyl/N-ethyl adjacent to an activating group) is 2. The number of amides is 1. The van der Waals surface area contributed by atoms with Crippen LogP contribution in [0.1, 0.15) is 30.9 Å². The number of carbonyl (C=O) groups excluding carboxylic acids is 1. The molecule has 9 heteroatoms. The first-order valence-corrected chi connectivity index (χ1v) is 11.8. The lowest BCUT2D eigenvalue weighted by molar-refractivity contribution is -0.392. The zero-order valence-electron chi connectivity index (χ0n) is 19.7. The van der Waals surface area contributed by atoms with Crippen LogP contribution in [0.2, 0.25) is 0 Å². The molecule has 0 unspecified atom stereocenters. The van der Waals surface area contributed by atoms with E-state index < -0.39 is 54.4 Å². The van der Waals surface area contributed by atoms with Gasteiger partial charge in [-0.2, -0.15) is 0 Å². The summed E-state index contributed by atoms with van der Waals surface area (Å²) in [5.41, 5.74) is 1.97. The summed E-state index contributed by atoms with van der Waals surface area (Å²) in [4.78, 5) is 12.9. The molecular formula is C24H37N3O6. The lowest BCUT2D eigenvalue weighted by atomic mass is 9.75. The molecule has 3 aliphatic rings. The predicted molar refractivity (Wildman–Crippen MR) is 121 cm³/mol. The van der Waals surface area contributed by atoms with Gasteiger partial charge in [0.1, 0.15) is 24.4 Å². The number of rotatable bonds is 5. The van der Waals surface area contributed by atoms with Gasteiger partial charge in [-0.15, -0.1) is 0 Å². The fourth-order valence-corrected chi connectivity index (χ4v) is 5.76. The molecule has 184 valence electrons. The molecule has 6 N–H and O–H groups in total. The Morgan fingerprint density at radius 3 is 2.52 bits per heavy atom. The number of hydrogen-bond donors (Lipinski definition) is 6. The number of nitrogens with one attached hydrogen (secondary N) is 3. The summed E-state index contributed by atoms with van der Waals surface area (Å²) in [7, 11) is 3.37. The van der Waals surface area contributed by atoms with Crippen molar-refractivity contribution in [3.05, 3.63) is 35.4 Å². The van der Waals surface area contributed by atoms with Crippen molar-refractivity contribution in [3.8, 4) is 0 Å². The van der Waals surface area contributed by atoms with Crippen molar-refractivity contribution >= 4 is 5.91 Å². The van der Waals surface area contributed by atoms with Crippen LogP contribution in [-0.2, 0) is 20.7 Å². The number of fused-ring (bicyclic) bond motifs is 2. The number of benzene rings is 1. The molecule has 1 saturated heterocycles. The molecule has 1 aliphatic heterocycles. The molecule has 1 heterocycles. The van der Waals surface area contributed by atoms with Gasteiger partial charge in [-0.05, 0) is 45.3 Å². The first-order valence-electron chi connectivity index (χ1n) is 11.8. The molecule has 2 saturated carbocycles. The van der Waals surface area contributed by atoms with Crippen LogP contribution in [0.25, 0.3) is 0 Å². The van der Waals surface area contributed by atoms with Gasteiger partial charge < -0.3 is 40.7 Å². The van der Waals surface area contributed by atoms with Crippen LogP contribution in [0.15, 0.2) is 24.3 Å². The van der Waals surface area contributed by atoms with Crippen LogP contribution in [0.3, 0.4) is 0 Å². The van der Waals surface area contributed by atoms with Gasteiger partial charge in [-0.1, -0.05) is 36.8 Å². The molecule has 9 nitrogen and oxygen atoms in total. The Balaban J connectivity index is 1.55. The van der Waals surface area contributed by atoms with Crippen molar-refractivity contribution in [3.63, 3.8) is 0 Å². The maximum Gasteiger partial charge on any atom is 0.224 e. The molecule has 1 aromatic carbocycles.